The minimum absolute atomic E-state index is 0.0429. The average molecular weight is 463 g/mol. The molecule has 1 aromatic carbocycles. The van der Waals surface area contributed by atoms with Crippen LogP contribution in [0.15, 0.2) is 18.2 Å². The Kier molecular flexibility index (Phi) is 7.95. The number of aldehydes is 1. The smallest absolute Gasteiger partial charge is 0.186 e. The van der Waals surface area contributed by atoms with E-state index in [1.165, 1.54) is 6.07 Å². The minimum atomic E-state index is -1.82. The molecule has 1 heterocycles. The highest BCUT2D eigenvalue weighted by molar-refractivity contribution is 6.04. The number of benzene rings is 1. The number of ketones is 1. The van der Waals surface area contributed by atoms with Gasteiger partial charge in [0.1, 0.15) is 17.1 Å². The van der Waals surface area contributed by atoms with Gasteiger partial charge >= 0.3 is 0 Å². The summed E-state index contributed by atoms with van der Waals surface area (Å²) in [7, 11) is 0. The number of carbonyl (C=O) groups excluding carboxylic acids is 2. The van der Waals surface area contributed by atoms with Crippen LogP contribution in [-0.2, 0) is 11.2 Å². The molecule has 1 fully saturated rings. The topological polar surface area (TPSA) is 145 Å². The van der Waals surface area contributed by atoms with E-state index >= 15 is 0 Å². The first kappa shape index (κ1) is 25.4. The molecule has 0 spiro atoms. The molecule has 6 atom stereocenters. The highest BCUT2D eigenvalue weighted by atomic mass is 16.6. The van der Waals surface area contributed by atoms with Gasteiger partial charge in [0.05, 0.1) is 23.3 Å². The number of aliphatic hydroxyl groups is 3. The Bertz CT molecular complexity index is 896. The fourth-order valence-corrected chi connectivity index (χ4v) is 4.96. The summed E-state index contributed by atoms with van der Waals surface area (Å²) in [5, 5.41) is 52.9. The molecule has 1 aliphatic heterocycles. The van der Waals surface area contributed by atoms with Crippen molar-refractivity contribution in [2.45, 2.75) is 82.9 Å². The summed E-state index contributed by atoms with van der Waals surface area (Å²) < 4.78 is 5.67. The van der Waals surface area contributed by atoms with E-state index in [1.807, 2.05) is 26.0 Å². The first-order valence-electron chi connectivity index (χ1n) is 11.6. The van der Waals surface area contributed by atoms with E-state index in [0.29, 0.717) is 44.0 Å². The number of allylic oxidation sites excluding steroid dienone is 2. The Morgan fingerprint density at radius 2 is 1.97 bits per heavy atom. The van der Waals surface area contributed by atoms with Crippen molar-refractivity contribution in [3.63, 3.8) is 0 Å². The molecule has 1 aliphatic carbocycles. The Balaban J connectivity index is 2.03. The average Bonchev–Trinajstić information content (AvgIpc) is 2.76. The van der Waals surface area contributed by atoms with Gasteiger partial charge in [-0.15, -0.1) is 0 Å². The maximum Gasteiger partial charge on any atom is 0.186 e. The van der Waals surface area contributed by atoms with Crippen molar-refractivity contribution in [2.75, 3.05) is 0 Å². The van der Waals surface area contributed by atoms with E-state index in [2.05, 4.69) is 0 Å². The van der Waals surface area contributed by atoms with E-state index in [0.717, 1.165) is 0 Å². The first-order chi connectivity index (χ1) is 15.6. The molecule has 2 bridgehead atoms. The number of fused-ring (bicyclic) bond motifs is 2. The highest BCUT2D eigenvalue weighted by Crippen LogP contribution is 2.40. The van der Waals surface area contributed by atoms with Crippen LogP contribution in [0.4, 0.5) is 0 Å². The lowest BCUT2D eigenvalue weighted by Gasteiger charge is -2.45. The third-order valence-electron chi connectivity index (χ3n) is 6.86. The molecule has 1 aromatic rings. The van der Waals surface area contributed by atoms with Gasteiger partial charge in [-0.2, -0.15) is 0 Å². The number of rotatable bonds is 4. The quantitative estimate of drug-likeness (QED) is 0.339. The van der Waals surface area contributed by atoms with Crippen molar-refractivity contribution in [3.8, 4) is 11.5 Å². The molecule has 3 rings (SSSR count). The van der Waals surface area contributed by atoms with Crippen LogP contribution in [0.5, 0.6) is 11.5 Å². The van der Waals surface area contributed by atoms with Gasteiger partial charge in [-0.1, -0.05) is 32.4 Å². The molecule has 1 saturated heterocycles. The minimum Gasteiger partial charge on any atom is -0.507 e. The lowest BCUT2D eigenvalue weighted by Crippen LogP contribution is -2.60. The van der Waals surface area contributed by atoms with Crippen molar-refractivity contribution in [3.05, 3.63) is 34.9 Å². The predicted octanol–water partition coefficient (Wildman–Crippen LogP) is 2.63. The molecule has 0 aromatic heterocycles. The number of Topliss-reactive ketones (excluding diaryl/α,β-unsaturated/α-hetero) is 1. The zero-order valence-electron chi connectivity index (χ0n) is 19.1. The lowest BCUT2D eigenvalue weighted by atomic mass is 9.78. The zero-order valence-corrected chi connectivity index (χ0v) is 19.1. The summed E-state index contributed by atoms with van der Waals surface area (Å²) in [4.78, 5) is 25.2. The van der Waals surface area contributed by atoms with Gasteiger partial charge in [-0.3, -0.25) is 9.59 Å². The molecular formula is C25H34O8. The molecule has 0 saturated carbocycles. The Hall–Kier alpha value is -2.26. The summed E-state index contributed by atoms with van der Waals surface area (Å²) in [5.41, 5.74) is -1.90. The molecule has 33 heavy (non-hydrogen) atoms. The van der Waals surface area contributed by atoms with E-state index < -0.39 is 41.5 Å². The Morgan fingerprint density at radius 3 is 2.61 bits per heavy atom. The summed E-state index contributed by atoms with van der Waals surface area (Å²) in [5.74, 6) is -2.24. The molecule has 2 aliphatic rings. The summed E-state index contributed by atoms with van der Waals surface area (Å²) >= 11 is 0. The molecule has 0 radical (unpaired) electrons. The molecule has 8 nitrogen and oxygen atoms in total. The number of aromatic hydroxyl groups is 2. The van der Waals surface area contributed by atoms with Gasteiger partial charge in [0.2, 0.25) is 0 Å². The molecular weight excluding hydrogens is 428 g/mol. The summed E-state index contributed by atoms with van der Waals surface area (Å²) in [6.07, 6.45) is 3.07. The van der Waals surface area contributed by atoms with E-state index in [9.17, 15) is 35.1 Å². The summed E-state index contributed by atoms with van der Waals surface area (Å²) in [6, 6.07) is 1.40. The van der Waals surface area contributed by atoms with Crippen LogP contribution in [0.1, 0.15) is 78.7 Å². The van der Waals surface area contributed by atoms with Gasteiger partial charge in [-0.05, 0) is 49.7 Å². The number of aliphatic hydroxyl groups excluding tert-OH is 2. The third-order valence-corrected chi connectivity index (χ3v) is 6.86. The normalized spacial score (nSPS) is 34.2. The van der Waals surface area contributed by atoms with Crippen LogP contribution in [0.25, 0.3) is 0 Å². The van der Waals surface area contributed by atoms with Gasteiger partial charge in [-0.25, -0.2) is 0 Å². The van der Waals surface area contributed by atoms with E-state index in [4.69, 9.17) is 4.74 Å². The van der Waals surface area contributed by atoms with Crippen LogP contribution in [0.2, 0.25) is 0 Å². The maximum atomic E-state index is 13.6. The second kappa shape index (κ2) is 10.3. The fourth-order valence-electron chi connectivity index (χ4n) is 4.96. The highest BCUT2D eigenvalue weighted by Gasteiger charge is 2.51. The molecule has 5 N–H and O–H groups in total. The van der Waals surface area contributed by atoms with Crippen molar-refractivity contribution in [2.24, 2.45) is 11.8 Å². The SMILES string of the molecule is CCC[C@]1(O)C(O)OC(C2CCC/C=C/C(C)Cc3cc(c(O)c(C=O)c3O)C2=O)C[C@H]1O. The molecule has 182 valence electrons. The molecule has 0 amide bonds. The van der Waals surface area contributed by atoms with Gasteiger partial charge in [0, 0.05) is 12.3 Å². The zero-order chi connectivity index (χ0) is 24.3. The maximum absolute atomic E-state index is 13.6. The van der Waals surface area contributed by atoms with Crippen molar-refractivity contribution < 1.29 is 39.9 Å². The van der Waals surface area contributed by atoms with Gasteiger partial charge < -0.3 is 30.3 Å². The van der Waals surface area contributed by atoms with Crippen molar-refractivity contribution >= 4 is 12.1 Å². The van der Waals surface area contributed by atoms with Crippen LogP contribution < -0.4 is 0 Å². The van der Waals surface area contributed by atoms with Gasteiger partial charge in [0.25, 0.3) is 0 Å². The fraction of sp³-hybridized carbons (Fsp3) is 0.600. The van der Waals surface area contributed by atoms with Crippen molar-refractivity contribution in [1.82, 2.24) is 0 Å². The molecule has 8 heteroatoms. The first-order valence-corrected chi connectivity index (χ1v) is 11.6. The van der Waals surface area contributed by atoms with Crippen LogP contribution in [0, 0.1) is 11.8 Å². The summed E-state index contributed by atoms with van der Waals surface area (Å²) in [6.45, 7) is 3.76. The number of hydrogen-bond donors (Lipinski definition) is 5. The standard InChI is InChI=1S/C25H34O8/c1-3-9-25(32)20(27)12-19(33-24(25)31)16-8-6-4-5-7-14(2)10-15-11-17(22(16)29)23(30)18(13-26)21(15)28/h5,7,11,13-14,16,19-20,24,27-28,30-32H,3-4,6,8-10,12H2,1-2H3/b7-5+/t14?,16?,19?,20-,24?,25-/m1/s1. The Labute approximate surface area is 193 Å². The van der Waals surface area contributed by atoms with Crippen LogP contribution in [-0.4, -0.2) is 61.7 Å². The second-order valence-corrected chi connectivity index (χ2v) is 9.34. The van der Waals surface area contributed by atoms with Crippen LogP contribution >= 0.6 is 0 Å². The number of phenols is 2. The monoisotopic (exact) mass is 462 g/mol. The number of carbonyl (C=O) groups is 2. The molecule has 4 unspecified atom stereocenters. The lowest BCUT2D eigenvalue weighted by molar-refractivity contribution is -0.303. The van der Waals surface area contributed by atoms with Crippen molar-refractivity contribution in [1.29, 1.82) is 0 Å². The number of hydrogen-bond acceptors (Lipinski definition) is 8. The van der Waals surface area contributed by atoms with Crippen LogP contribution in [0.3, 0.4) is 0 Å². The number of ether oxygens (including phenoxy) is 1. The second-order valence-electron chi connectivity index (χ2n) is 9.34. The number of phenolic OH excluding ortho intramolecular Hbond substituents is 2. The van der Waals surface area contributed by atoms with E-state index in [1.54, 1.807) is 0 Å². The Morgan fingerprint density at radius 1 is 1.24 bits per heavy atom. The third kappa shape index (κ3) is 4.99. The largest absolute Gasteiger partial charge is 0.507 e. The van der Waals surface area contributed by atoms with E-state index in [-0.39, 0.29) is 35.6 Å². The predicted molar refractivity (Wildman–Crippen MR) is 120 cm³/mol. The van der Waals surface area contributed by atoms with Gasteiger partial charge in [0.15, 0.2) is 18.4 Å².